The third-order valence-electron chi connectivity index (χ3n) is 4.82. The lowest BCUT2D eigenvalue weighted by molar-refractivity contribution is 0.0999. The van der Waals surface area contributed by atoms with Crippen LogP contribution in [0.15, 0.2) is 18.2 Å². The number of rotatable bonds is 5. The Hall–Kier alpha value is -1.36. The zero-order valence-electron chi connectivity index (χ0n) is 13.4. The fraction of sp³-hybridized carbons (Fsp3) is 0.588. The Kier molecular flexibility index (Phi) is 4.95. The topological polar surface area (TPSA) is 77.2 Å². The number of sulfone groups is 1. The Labute approximate surface area is 133 Å². The van der Waals surface area contributed by atoms with Crippen molar-refractivity contribution in [2.45, 2.75) is 57.1 Å². The van der Waals surface area contributed by atoms with E-state index in [0.29, 0.717) is 24.8 Å². The third kappa shape index (κ3) is 2.78. The minimum absolute atomic E-state index is 0.188. The van der Waals surface area contributed by atoms with Crippen LogP contribution in [0.5, 0.6) is 0 Å². The molecule has 1 aromatic rings. The van der Waals surface area contributed by atoms with Gasteiger partial charge >= 0.3 is 0 Å². The highest BCUT2D eigenvalue weighted by molar-refractivity contribution is 7.92. The van der Waals surface area contributed by atoms with E-state index in [-0.39, 0.29) is 5.75 Å². The molecule has 2 rings (SSSR count). The molecule has 1 amide bonds. The molecule has 122 valence electrons. The van der Waals surface area contributed by atoms with E-state index in [9.17, 15) is 13.2 Å². The second-order valence-electron chi connectivity index (χ2n) is 6.22. The summed E-state index contributed by atoms with van der Waals surface area (Å²) >= 11 is 0. The van der Waals surface area contributed by atoms with Gasteiger partial charge in [-0.1, -0.05) is 38.3 Å². The summed E-state index contributed by atoms with van der Waals surface area (Å²) < 4.78 is 25.2. The first-order valence-electron chi connectivity index (χ1n) is 7.98. The van der Waals surface area contributed by atoms with E-state index in [1.54, 1.807) is 12.1 Å². The van der Waals surface area contributed by atoms with Crippen molar-refractivity contribution < 1.29 is 13.2 Å². The molecule has 1 aliphatic carbocycles. The van der Waals surface area contributed by atoms with Gasteiger partial charge in [-0.2, -0.15) is 0 Å². The smallest absolute Gasteiger partial charge is 0.248 e. The molecule has 22 heavy (non-hydrogen) atoms. The lowest BCUT2D eigenvalue weighted by Crippen LogP contribution is -2.40. The van der Waals surface area contributed by atoms with Crippen LogP contribution in [0, 0.1) is 6.92 Å². The minimum Gasteiger partial charge on any atom is -0.366 e. The fourth-order valence-electron chi connectivity index (χ4n) is 3.73. The summed E-state index contributed by atoms with van der Waals surface area (Å²) in [5.41, 5.74) is 7.35. The average molecular weight is 323 g/mol. The van der Waals surface area contributed by atoms with Crippen LogP contribution in [0.3, 0.4) is 0 Å². The number of benzene rings is 1. The molecule has 1 saturated carbocycles. The summed E-state index contributed by atoms with van der Waals surface area (Å²) in [5, 5.41) is 0. The highest BCUT2D eigenvalue weighted by Crippen LogP contribution is 2.46. The van der Waals surface area contributed by atoms with Crippen molar-refractivity contribution in [3.05, 3.63) is 34.9 Å². The first-order chi connectivity index (χ1) is 10.4. The van der Waals surface area contributed by atoms with Crippen molar-refractivity contribution >= 4 is 15.7 Å². The van der Waals surface area contributed by atoms with Crippen molar-refractivity contribution in [1.82, 2.24) is 0 Å². The van der Waals surface area contributed by atoms with Crippen molar-refractivity contribution in [2.24, 2.45) is 5.73 Å². The monoisotopic (exact) mass is 323 g/mol. The average Bonchev–Trinajstić information content (AvgIpc) is 2.47. The maximum Gasteiger partial charge on any atom is 0.248 e. The molecule has 2 N–H and O–H groups in total. The van der Waals surface area contributed by atoms with E-state index in [1.165, 1.54) is 0 Å². The largest absolute Gasteiger partial charge is 0.366 e. The summed E-state index contributed by atoms with van der Waals surface area (Å²) in [5.74, 6) is -0.314. The van der Waals surface area contributed by atoms with Crippen LogP contribution in [0.1, 0.15) is 66.9 Å². The molecule has 0 heterocycles. The molecular formula is C17H25NO3S. The van der Waals surface area contributed by atoms with E-state index in [1.807, 2.05) is 19.9 Å². The van der Waals surface area contributed by atoms with Crippen LogP contribution in [0.2, 0.25) is 0 Å². The summed E-state index contributed by atoms with van der Waals surface area (Å²) in [4.78, 5) is 11.6. The van der Waals surface area contributed by atoms with Crippen LogP contribution in [0.25, 0.3) is 0 Å². The predicted molar refractivity (Wildman–Crippen MR) is 88.5 cm³/mol. The van der Waals surface area contributed by atoms with Gasteiger partial charge in [0.05, 0.1) is 10.5 Å². The molecule has 4 nitrogen and oxygen atoms in total. The van der Waals surface area contributed by atoms with E-state index in [2.05, 4.69) is 0 Å². The van der Waals surface area contributed by atoms with Crippen LogP contribution >= 0.6 is 0 Å². The first kappa shape index (κ1) is 17.0. The number of hydrogen-bond acceptors (Lipinski definition) is 3. The van der Waals surface area contributed by atoms with Gasteiger partial charge in [-0.25, -0.2) is 8.42 Å². The summed E-state index contributed by atoms with van der Waals surface area (Å²) in [7, 11) is -3.27. The zero-order chi connectivity index (χ0) is 16.4. The van der Waals surface area contributed by atoms with Crippen LogP contribution in [-0.2, 0) is 14.6 Å². The Morgan fingerprint density at radius 1 is 1.23 bits per heavy atom. The number of amides is 1. The Morgan fingerprint density at radius 3 is 2.41 bits per heavy atom. The normalized spacial score (nSPS) is 18.1. The molecule has 0 bridgehead atoms. The maximum absolute atomic E-state index is 13.0. The Balaban J connectivity index is 2.66. The molecular weight excluding hydrogens is 298 g/mol. The minimum atomic E-state index is -3.27. The molecule has 0 aromatic heterocycles. The highest BCUT2D eigenvalue weighted by Gasteiger charge is 2.46. The lowest BCUT2D eigenvalue weighted by atomic mass is 9.80. The number of nitrogens with two attached hydrogens (primary N) is 1. The van der Waals surface area contributed by atoms with E-state index >= 15 is 0 Å². The fourth-order valence-corrected chi connectivity index (χ4v) is 6.13. The van der Waals surface area contributed by atoms with Crippen LogP contribution in [0.4, 0.5) is 0 Å². The quantitative estimate of drug-likeness (QED) is 0.904. The molecule has 0 atom stereocenters. The second kappa shape index (κ2) is 6.41. The van der Waals surface area contributed by atoms with Gasteiger partial charge in [0.1, 0.15) is 0 Å². The molecule has 1 aromatic carbocycles. The Morgan fingerprint density at radius 2 is 1.86 bits per heavy atom. The summed E-state index contributed by atoms with van der Waals surface area (Å²) in [6, 6.07) is 5.28. The molecule has 5 heteroatoms. The van der Waals surface area contributed by atoms with Gasteiger partial charge in [-0.3, -0.25) is 4.79 Å². The second-order valence-corrected chi connectivity index (χ2v) is 8.64. The Bertz CT molecular complexity index is 658. The van der Waals surface area contributed by atoms with Gasteiger partial charge in [-0.15, -0.1) is 0 Å². The predicted octanol–water partition coefficient (Wildman–Crippen LogP) is 3.08. The third-order valence-corrected chi connectivity index (χ3v) is 7.58. The standard InChI is InChI=1S/C17H25NO3S/c1-3-12-22(20,21)17(10-5-4-6-11-17)15-9-7-8-14(13(15)2)16(18)19/h7-9H,3-6,10-12H2,1-2H3,(H2,18,19). The van der Waals surface area contributed by atoms with Crippen LogP contribution < -0.4 is 5.73 Å². The number of carbonyl (C=O) groups is 1. The molecule has 0 radical (unpaired) electrons. The SMILES string of the molecule is CCCS(=O)(=O)C1(c2cccc(C(N)=O)c2C)CCCCC1. The van der Waals surface area contributed by atoms with Gasteiger partial charge in [0, 0.05) is 5.56 Å². The first-order valence-corrected chi connectivity index (χ1v) is 9.63. The number of carbonyl (C=O) groups excluding carboxylic acids is 1. The molecule has 0 unspecified atom stereocenters. The van der Waals surface area contributed by atoms with Gasteiger partial charge in [0.15, 0.2) is 9.84 Å². The number of primary amides is 1. The van der Waals surface area contributed by atoms with E-state index < -0.39 is 20.5 Å². The van der Waals surface area contributed by atoms with Gasteiger partial charge in [0.2, 0.25) is 5.91 Å². The summed E-state index contributed by atoms with van der Waals surface area (Å²) in [6.07, 6.45) is 4.76. The van der Waals surface area contributed by atoms with Gasteiger partial charge < -0.3 is 5.73 Å². The van der Waals surface area contributed by atoms with Gasteiger partial charge in [0.25, 0.3) is 0 Å². The van der Waals surface area contributed by atoms with Crippen molar-refractivity contribution in [3.63, 3.8) is 0 Å². The number of hydrogen-bond donors (Lipinski definition) is 1. The molecule has 1 fully saturated rings. The molecule has 0 saturated heterocycles. The highest BCUT2D eigenvalue weighted by atomic mass is 32.2. The zero-order valence-corrected chi connectivity index (χ0v) is 14.2. The van der Waals surface area contributed by atoms with Crippen molar-refractivity contribution in [3.8, 4) is 0 Å². The van der Waals surface area contributed by atoms with Crippen molar-refractivity contribution in [1.29, 1.82) is 0 Å². The molecule has 1 aliphatic rings. The lowest BCUT2D eigenvalue weighted by Gasteiger charge is -2.38. The van der Waals surface area contributed by atoms with Gasteiger partial charge in [-0.05, 0) is 43.4 Å². The summed E-state index contributed by atoms with van der Waals surface area (Å²) in [6.45, 7) is 3.70. The molecule has 0 spiro atoms. The molecule has 0 aliphatic heterocycles. The maximum atomic E-state index is 13.0. The van der Waals surface area contributed by atoms with E-state index in [4.69, 9.17) is 5.73 Å². The van der Waals surface area contributed by atoms with Crippen molar-refractivity contribution in [2.75, 3.05) is 5.75 Å². The van der Waals surface area contributed by atoms with E-state index in [0.717, 1.165) is 30.4 Å². The van der Waals surface area contributed by atoms with Crippen LogP contribution in [-0.4, -0.2) is 20.1 Å².